The Morgan fingerprint density at radius 1 is 1.17 bits per heavy atom. The van der Waals surface area contributed by atoms with Gasteiger partial charge in [0.2, 0.25) is 0 Å². The van der Waals surface area contributed by atoms with Crippen molar-refractivity contribution in [1.82, 2.24) is 24.9 Å². The third-order valence-electron chi connectivity index (χ3n) is 3.47. The summed E-state index contributed by atoms with van der Waals surface area (Å²) >= 11 is 1.59. The van der Waals surface area contributed by atoms with Gasteiger partial charge in [-0.25, -0.2) is 9.97 Å². The van der Waals surface area contributed by atoms with Crippen molar-refractivity contribution in [3.05, 3.63) is 54.7 Å². The lowest BCUT2D eigenvalue weighted by molar-refractivity contribution is 0.397. The van der Waals surface area contributed by atoms with Gasteiger partial charge in [-0.15, -0.1) is 0 Å². The number of fused-ring (bicyclic) bond motifs is 1. The molecule has 0 fully saturated rings. The summed E-state index contributed by atoms with van der Waals surface area (Å²) in [6, 6.07) is 11.9. The van der Waals surface area contributed by atoms with Gasteiger partial charge in [-0.3, -0.25) is 4.68 Å². The Morgan fingerprint density at radius 2 is 2.04 bits per heavy atom. The molecule has 0 saturated carbocycles. The van der Waals surface area contributed by atoms with E-state index in [1.165, 1.54) is 0 Å². The standard InChI is InChI=1S/C16H13N5OS/c1-21-15-13(8-19-21)16(18-10-17-15)23-9-12-7-14(20-22-12)11-5-3-2-4-6-11/h2-8,10H,9H2,1H3. The van der Waals surface area contributed by atoms with E-state index in [9.17, 15) is 0 Å². The van der Waals surface area contributed by atoms with Crippen LogP contribution in [0, 0.1) is 0 Å². The van der Waals surface area contributed by atoms with Gasteiger partial charge >= 0.3 is 0 Å². The number of thioether (sulfide) groups is 1. The molecule has 0 bridgehead atoms. The molecule has 4 aromatic rings. The van der Waals surface area contributed by atoms with Gasteiger partial charge in [-0.1, -0.05) is 47.3 Å². The molecule has 3 aromatic heterocycles. The number of rotatable bonds is 4. The number of nitrogens with zero attached hydrogens (tertiary/aromatic N) is 5. The van der Waals surface area contributed by atoms with E-state index in [4.69, 9.17) is 4.52 Å². The molecule has 0 aliphatic rings. The molecule has 6 nitrogen and oxygen atoms in total. The molecule has 23 heavy (non-hydrogen) atoms. The second-order valence-electron chi connectivity index (χ2n) is 5.02. The van der Waals surface area contributed by atoms with Crippen LogP contribution >= 0.6 is 11.8 Å². The third-order valence-corrected chi connectivity index (χ3v) is 4.50. The Balaban J connectivity index is 1.54. The second kappa shape index (κ2) is 5.85. The first-order valence-electron chi connectivity index (χ1n) is 7.08. The van der Waals surface area contributed by atoms with Gasteiger partial charge in [0.1, 0.15) is 22.8 Å². The van der Waals surface area contributed by atoms with E-state index >= 15 is 0 Å². The summed E-state index contributed by atoms with van der Waals surface area (Å²) in [7, 11) is 1.87. The maximum Gasteiger partial charge on any atom is 0.162 e. The normalized spacial score (nSPS) is 11.2. The zero-order valence-corrected chi connectivity index (χ0v) is 13.2. The summed E-state index contributed by atoms with van der Waals surface area (Å²) in [5, 5.41) is 10.2. The van der Waals surface area contributed by atoms with Crippen LogP contribution in [0.4, 0.5) is 0 Å². The highest BCUT2D eigenvalue weighted by atomic mass is 32.2. The van der Waals surface area contributed by atoms with E-state index in [0.29, 0.717) is 5.75 Å². The number of hydrogen-bond donors (Lipinski definition) is 0. The van der Waals surface area contributed by atoms with E-state index in [-0.39, 0.29) is 0 Å². The fraction of sp³-hybridized carbons (Fsp3) is 0.125. The average Bonchev–Trinajstić information content (AvgIpc) is 3.22. The van der Waals surface area contributed by atoms with E-state index in [1.807, 2.05) is 43.4 Å². The van der Waals surface area contributed by atoms with Gasteiger partial charge < -0.3 is 4.52 Å². The quantitative estimate of drug-likeness (QED) is 0.424. The van der Waals surface area contributed by atoms with Crippen LogP contribution in [-0.2, 0) is 12.8 Å². The van der Waals surface area contributed by atoms with Gasteiger partial charge in [-0.2, -0.15) is 5.10 Å². The van der Waals surface area contributed by atoms with Crippen LogP contribution in [0.3, 0.4) is 0 Å². The Hall–Kier alpha value is -2.67. The van der Waals surface area contributed by atoms with Crippen LogP contribution < -0.4 is 0 Å². The van der Waals surface area contributed by atoms with Crippen molar-refractivity contribution in [1.29, 1.82) is 0 Å². The van der Waals surface area contributed by atoms with Crippen molar-refractivity contribution >= 4 is 22.8 Å². The average molecular weight is 323 g/mol. The molecule has 114 valence electrons. The lowest BCUT2D eigenvalue weighted by Crippen LogP contribution is -1.92. The topological polar surface area (TPSA) is 69.6 Å². The Kier molecular flexibility index (Phi) is 3.55. The van der Waals surface area contributed by atoms with E-state index in [1.54, 1.807) is 29.0 Å². The van der Waals surface area contributed by atoms with Gasteiger partial charge in [-0.05, 0) is 0 Å². The largest absolute Gasteiger partial charge is 0.360 e. The highest BCUT2D eigenvalue weighted by molar-refractivity contribution is 7.98. The molecular weight excluding hydrogens is 310 g/mol. The second-order valence-corrected chi connectivity index (χ2v) is 5.98. The minimum Gasteiger partial charge on any atom is -0.360 e. The fourth-order valence-corrected chi connectivity index (χ4v) is 3.16. The minimum absolute atomic E-state index is 0.654. The van der Waals surface area contributed by atoms with Crippen molar-refractivity contribution in [3.63, 3.8) is 0 Å². The summed E-state index contributed by atoms with van der Waals surface area (Å²) in [5.41, 5.74) is 2.71. The molecule has 0 aliphatic heterocycles. The molecule has 3 heterocycles. The zero-order chi connectivity index (χ0) is 15.6. The molecule has 0 N–H and O–H groups in total. The first kappa shape index (κ1) is 14.0. The number of aryl methyl sites for hydroxylation is 1. The van der Waals surface area contributed by atoms with Gasteiger partial charge in [0.05, 0.1) is 17.3 Å². The summed E-state index contributed by atoms with van der Waals surface area (Å²) < 4.78 is 7.16. The van der Waals surface area contributed by atoms with Crippen molar-refractivity contribution in [3.8, 4) is 11.3 Å². The van der Waals surface area contributed by atoms with Crippen LogP contribution in [0.15, 0.2) is 58.5 Å². The Labute approximate surface area is 136 Å². The lowest BCUT2D eigenvalue weighted by atomic mass is 10.1. The molecule has 7 heteroatoms. The maximum atomic E-state index is 5.42. The molecule has 0 spiro atoms. The van der Waals surface area contributed by atoms with Gasteiger partial charge in [0.25, 0.3) is 0 Å². The summed E-state index contributed by atoms with van der Waals surface area (Å²) in [6.07, 6.45) is 3.34. The predicted octanol–water partition coefficient (Wildman–Crippen LogP) is 3.31. The number of hydrogen-bond acceptors (Lipinski definition) is 6. The molecule has 0 atom stereocenters. The van der Waals surface area contributed by atoms with E-state index < -0.39 is 0 Å². The summed E-state index contributed by atoms with van der Waals surface area (Å²) in [4.78, 5) is 8.58. The lowest BCUT2D eigenvalue weighted by Gasteiger charge is -1.99. The predicted molar refractivity (Wildman–Crippen MR) is 87.8 cm³/mol. The maximum absolute atomic E-state index is 5.42. The molecule has 0 saturated heterocycles. The molecule has 4 rings (SSSR count). The van der Waals surface area contributed by atoms with E-state index in [0.717, 1.165) is 33.1 Å². The Bertz CT molecular complexity index is 947. The zero-order valence-electron chi connectivity index (χ0n) is 12.4. The van der Waals surface area contributed by atoms with Crippen LogP contribution in [0.25, 0.3) is 22.3 Å². The van der Waals surface area contributed by atoms with Crippen LogP contribution in [0.2, 0.25) is 0 Å². The summed E-state index contributed by atoms with van der Waals surface area (Å²) in [5.74, 6) is 1.46. The first-order chi connectivity index (χ1) is 11.3. The van der Waals surface area contributed by atoms with Crippen LogP contribution in [0.1, 0.15) is 5.76 Å². The smallest absolute Gasteiger partial charge is 0.162 e. The van der Waals surface area contributed by atoms with Crippen LogP contribution in [0.5, 0.6) is 0 Å². The monoisotopic (exact) mass is 323 g/mol. The molecule has 0 unspecified atom stereocenters. The Morgan fingerprint density at radius 3 is 2.91 bits per heavy atom. The highest BCUT2D eigenvalue weighted by Gasteiger charge is 2.11. The van der Waals surface area contributed by atoms with Crippen molar-refractivity contribution in [2.75, 3.05) is 0 Å². The van der Waals surface area contributed by atoms with Crippen molar-refractivity contribution in [2.45, 2.75) is 10.8 Å². The molecular formula is C16H13N5OS. The van der Waals surface area contributed by atoms with Crippen molar-refractivity contribution < 1.29 is 4.52 Å². The van der Waals surface area contributed by atoms with E-state index in [2.05, 4.69) is 20.2 Å². The number of benzene rings is 1. The fourth-order valence-electron chi connectivity index (χ4n) is 2.32. The third kappa shape index (κ3) is 2.70. The molecule has 1 aromatic carbocycles. The molecule has 0 radical (unpaired) electrons. The molecule has 0 aliphatic carbocycles. The van der Waals surface area contributed by atoms with Gasteiger partial charge in [0, 0.05) is 18.7 Å². The highest BCUT2D eigenvalue weighted by Crippen LogP contribution is 2.28. The van der Waals surface area contributed by atoms with Crippen LogP contribution in [-0.4, -0.2) is 24.9 Å². The first-order valence-corrected chi connectivity index (χ1v) is 8.06. The number of aromatic nitrogens is 5. The summed E-state index contributed by atoms with van der Waals surface area (Å²) in [6.45, 7) is 0. The minimum atomic E-state index is 0.654. The van der Waals surface area contributed by atoms with Gasteiger partial charge in [0.15, 0.2) is 5.65 Å². The SMILES string of the molecule is Cn1ncc2c(SCc3cc(-c4ccccc4)no3)ncnc21. The van der Waals surface area contributed by atoms with Crippen molar-refractivity contribution in [2.24, 2.45) is 7.05 Å². The molecule has 0 amide bonds.